The first kappa shape index (κ1) is 19.2. The molecule has 5 rings (SSSR count). The van der Waals surface area contributed by atoms with Gasteiger partial charge in [-0.05, 0) is 60.9 Å². The Balaban J connectivity index is 1.48. The lowest BCUT2D eigenvalue weighted by atomic mass is 10.0. The van der Waals surface area contributed by atoms with E-state index < -0.39 is 5.63 Å². The molecular weight excluding hydrogens is 408 g/mol. The summed E-state index contributed by atoms with van der Waals surface area (Å²) in [6, 6.07) is 20.2. The minimum atomic E-state index is -0.437. The van der Waals surface area contributed by atoms with Crippen LogP contribution in [0.2, 0.25) is 0 Å². The Morgan fingerprint density at radius 3 is 2.71 bits per heavy atom. The number of fused-ring (bicyclic) bond motifs is 2. The molecule has 0 saturated carbocycles. The van der Waals surface area contributed by atoms with E-state index in [1.807, 2.05) is 32.0 Å². The van der Waals surface area contributed by atoms with E-state index in [1.54, 1.807) is 36.4 Å². The van der Waals surface area contributed by atoms with Gasteiger partial charge in [0.25, 0.3) is 5.91 Å². The Bertz CT molecular complexity index is 1530. The number of hydrogen-bond donors (Lipinski definition) is 1. The van der Waals surface area contributed by atoms with Crippen LogP contribution in [-0.4, -0.2) is 10.9 Å². The van der Waals surface area contributed by atoms with Crippen molar-refractivity contribution in [3.05, 3.63) is 93.8 Å². The van der Waals surface area contributed by atoms with Crippen molar-refractivity contribution in [3.8, 4) is 11.1 Å². The minimum Gasteiger partial charge on any atom is -0.422 e. The van der Waals surface area contributed by atoms with Crippen LogP contribution in [0.3, 0.4) is 0 Å². The molecule has 1 amide bonds. The van der Waals surface area contributed by atoms with Gasteiger partial charge in [-0.15, -0.1) is 0 Å². The highest BCUT2D eigenvalue weighted by atomic mass is 32.1. The molecular formula is C25H18N2O3S. The number of carbonyl (C=O) groups is 1. The van der Waals surface area contributed by atoms with E-state index in [9.17, 15) is 9.59 Å². The topological polar surface area (TPSA) is 72.2 Å². The predicted octanol–water partition coefficient (Wildman–Crippen LogP) is 5.94. The molecule has 0 saturated heterocycles. The minimum absolute atomic E-state index is 0.277. The van der Waals surface area contributed by atoms with Gasteiger partial charge in [-0.1, -0.05) is 47.7 Å². The quantitative estimate of drug-likeness (QED) is 0.363. The summed E-state index contributed by atoms with van der Waals surface area (Å²) in [5.74, 6) is -0.277. The number of amides is 1. The number of nitrogens with one attached hydrogen (secondary N) is 1. The second kappa shape index (κ2) is 7.49. The van der Waals surface area contributed by atoms with Gasteiger partial charge in [-0.2, -0.15) is 0 Å². The molecule has 0 atom stereocenters. The molecule has 5 nitrogen and oxygen atoms in total. The van der Waals surface area contributed by atoms with Crippen molar-refractivity contribution in [1.82, 2.24) is 4.98 Å². The fourth-order valence-corrected chi connectivity index (χ4v) is 4.72. The molecule has 0 aliphatic carbocycles. The van der Waals surface area contributed by atoms with Crippen molar-refractivity contribution in [2.75, 3.05) is 5.32 Å². The third-order valence-corrected chi connectivity index (χ3v) is 6.05. The number of hydrogen-bond acceptors (Lipinski definition) is 5. The lowest BCUT2D eigenvalue weighted by molar-refractivity contribution is 0.102. The molecule has 31 heavy (non-hydrogen) atoms. The van der Waals surface area contributed by atoms with Crippen molar-refractivity contribution in [2.24, 2.45) is 0 Å². The molecule has 0 fully saturated rings. The molecule has 3 aromatic carbocycles. The van der Waals surface area contributed by atoms with Crippen molar-refractivity contribution < 1.29 is 9.21 Å². The van der Waals surface area contributed by atoms with Crippen molar-refractivity contribution in [3.63, 3.8) is 0 Å². The van der Waals surface area contributed by atoms with Gasteiger partial charge in [0.1, 0.15) is 5.58 Å². The Morgan fingerprint density at radius 1 is 1.00 bits per heavy atom. The molecule has 0 spiro atoms. The van der Waals surface area contributed by atoms with E-state index in [-0.39, 0.29) is 5.91 Å². The third kappa shape index (κ3) is 3.62. The van der Waals surface area contributed by atoms with Gasteiger partial charge in [0.05, 0.1) is 15.8 Å². The van der Waals surface area contributed by atoms with Gasteiger partial charge in [0.15, 0.2) is 5.13 Å². The molecule has 152 valence electrons. The normalized spacial score (nSPS) is 11.2. The van der Waals surface area contributed by atoms with Crippen LogP contribution in [0, 0.1) is 13.8 Å². The SMILES string of the molecule is Cc1cc(C)c2nc(NC(=O)c3cccc(-c4cc5ccccc5oc4=O)c3)sc2c1. The average molecular weight is 426 g/mol. The molecule has 0 bridgehead atoms. The number of anilines is 1. The Morgan fingerprint density at radius 2 is 1.84 bits per heavy atom. The third-order valence-electron chi connectivity index (χ3n) is 5.13. The maximum Gasteiger partial charge on any atom is 0.344 e. The van der Waals surface area contributed by atoms with Gasteiger partial charge in [0, 0.05) is 10.9 Å². The standard InChI is InChI=1S/C25H18N2O3S/c1-14-10-15(2)22-21(11-14)31-25(26-22)27-23(28)18-8-5-7-16(12-18)19-13-17-6-3-4-9-20(17)30-24(19)29/h3-13H,1-2H3,(H,26,27,28). The van der Waals surface area contributed by atoms with Gasteiger partial charge >= 0.3 is 5.63 Å². The second-order valence-corrected chi connectivity index (χ2v) is 8.50. The summed E-state index contributed by atoms with van der Waals surface area (Å²) in [6.45, 7) is 4.05. The first-order valence-electron chi connectivity index (χ1n) is 9.80. The highest BCUT2D eigenvalue weighted by Gasteiger charge is 2.14. The summed E-state index contributed by atoms with van der Waals surface area (Å²) >= 11 is 1.44. The van der Waals surface area contributed by atoms with Crippen LogP contribution < -0.4 is 10.9 Å². The Hall–Kier alpha value is -3.77. The second-order valence-electron chi connectivity index (χ2n) is 7.47. The zero-order valence-corrected chi connectivity index (χ0v) is 17.7. The molecule has 2 aromatic heterocycles. The van der Waals surface area contributed by atoms with Crippen LogP contribution in [0.4, 0.5) is 5.13 Å². The number of benzene rings is 3. The lowest BCUT2D eigenvalue weighted by Crippen LogP contribution is -2.12. The van der Waals surface area contributed by atoms with Crippen LogP contribution in [0.15, 0.2) is 75.9 Å². The largest absolute Gasteiger partial charge is 0.422 e. The van der Waals surface area contributed by atoms with E-state index in [4.69, 9.17) is 4.42 Å². The van der Waals surface area contributed by atoms with Gasteiger partial charge < -0.3 is 4.42 Å². The maximum absolute atomic E-state index is 12.9. The molecule has 5 aromatic rings. The van der Waals surface area contributed by atoms with E-state index in [0.29, 0.717) is 27.4 Å². The van der Waals surface area contributed by atoms with Gasteiger partial charge in [-0.3, -0.25) is 10.1 Å². The molecule has 2 heterocycles. The highest BCUT2D eigenvalue weighted by molar-refractivity contribution is 7.22. The summed E-state index contributed by atoms with van der Waals surface area (Å²) < 4.78 is 6.47. The van der Waals surface area contributed by atoms with Crippen LogP contribution in [-0.2, 0) is 0 Å². The zero-order valence-electron chi connectivity index (χ0n) is 16.9. The fraction of sp³-hybridized carbons (Fsp3) is 0.0800. The van der Waals surface area contributed by atoms with Crippen molar-refractivity contribution in [2.45, 2.75) is 13.8 Å². The van der Waals surface area contributed by atoms with Crippen molar-refractivity contribution in [1.29, 1.82) is 0 Å². The van der Waals surface area contributed by atoms with E-state index in [2.05, 4.69) is 22.4 Å². The molecule has 0 unspecified atom stereocenters. The molecule has 1 N–H and O–H groups in total. The Labute approximate surface area is 182 Å². The first-order valence-corrected chi connectivity index (χ1v) is 10.6. The fourth-order valence-electron chi connectivity index (χ4n) is 3.68. The van der Waals surface area contributed by atoms with E-state index in [1.165, 1.54) is 11.3 Å². The van der Waals surface area contributed by atoms with E-state index in [0.717, 1.165) is 26.7 Å². The number of nitrogens with zero attached hydrogens (tertiary/aromatic N) is 1. The van der Waals surface area contributed by atoms with Crippen molar-refractivity contribution >= 4 is 43.6 Å². The average Bonchev–Trinajstić information content (AvgIpc) is 3.16. The molecule has 0 aliphatic rings. The number of aryl methyl sites for hydroxylation is 2. The summed E-state index contributed by atoms with van der Waals surface area (Å²) in [7, 11) is 0. The maximum atomic E-state index is 12.9. The summed E-state index contributed by atoms with van der Waals surface area (Å²) in [4.78, 5) is 29.9. The highest BCUT2D eigenvalue weighted by Crippen LogP contribution is 2.30. The number of para-hydroxylation sites is 1. The van der Waals surface area contributed by atoms with Gasteiger partial charge in [0.2, 0.25) is 0 Å². The van der Waals surface area contributed by atoms with Crippen LogP contribution in [0.1, 0.15) is 21.5 Å². The zero-order chi connectivity index (χ0) is 21.5. The number of aromatic nitrogens is 1. The van der Waals surface area contributed by atoms with E-state index >= 15 is 0 Å². The summed E-state index contributed by atoms with van der Waals surface area (Å²) in [5.41, 5.74) is 4.72. The molecule has 0 radical (unpaired) electrons. The monoisotopic (exact) mass is 426 g/mol. The number of rotatable bonds is 3. The molecule has 6 heteroatoms. The van der Waals surface area contributed by atoms with Gasteiger partial charge in [-0.25, -0.2) is 9.78 Å². The predicted molar refractivity (Wildman–Crippen MR) is 125 cm³/mol. The number of carbonyl (C=O) groups excluding carboxylic acids is 1. The summed E-state index contributed by atoms with van der Waals surface area (Å²) in [6.07, 6.45) is 0. The molecule has 0 aliphatic heterocycles. The smallest absolute Gasteiger partial charge is 0.344 e. The lowest BCUT2D eigenvalue weighted by Gasteiger charge is -2.06. The van der Waals surface area contributed by atoms with Crippen LogP contribution in [0.5, 0.6) is 0 Å². The first-order chi connectivity index (χ1) is 15.0. The van der Waals surface area contributed by atoms with Crippen LogP contribution >= 0.6 is 11.3 Å². The summed E-state index contributed by atoms with van der Waals surface area (Å²) in [5, 5.41) is 4.26. The van der Waals surface area contributed by atoms with Crippen LogP contribution in [0.25, 0.3) is 32.3 Å². The Kier molecular flexibility index (Phi) is 4.64. The number of thiazole rings is 1.